The number of methoxy groups -OCH3 is 1. The van der Waals surface area contributed by atoms with Crippen molar-refractivity contribution in [3.63, 3.8) is 0 Å². The first-order valence-electron chi connectivity index (χ1n) is 7.97. The van der Waals surface area contributed by atoms with Gasteiger partial charge in [-0.05, 0) is 36.6 Å². The number of alkyl halides is 1. The Morgan fingerprint density at radius 1 is 1.05 bits per heavy atom. The third-order valence-electron chi connectivity index (χ3n) is 3.88. The molecule has 0 aliphatic heterocycles. The van der Waals surface area contributed by atoms with Crippen LogP contribution in [0.2, 0.25) is 0 Å². The van der Waals surface area contributed by atoms with Crippen LogP contribution in [-0.2, 0) is 0 Å². The van der Waals surface area contributed by atoms with Gasteiger partial charge in [-0.1, -0.05) is 73.9 Å². The number of rotatable bonds is 10. The fourth-order valence-electron chi connectivity index (χ4n) is 2.56. The van der Waals surface area contributed by atoms with Crippen molar-refractivity contribution in [3.05, 3.63) is 29.3 Å². The van der Waals surface area contributed by atoms with E-state index in [2.05, 4.69) is 48.0 Å². The van der Waals surface area contributed by atoms with Gasteiger partial charge in [0.15, 0.2) is 0 Å². The molecule has 114 valence electrons. The third kappa shape index (κ3) is 6.30. The van der Waals surface area contributed by atoms with Gasteiger partial charge in [0.2, 0.25) is 0 Å². The van der Waals surface area contributed by atoms with E-state index < -0.39 is 0 Å². The van der Waals surface area contributed by atoms with Crippen molar-refractivity contribution in [2.24, 2.45) is 0 Å². The van der Waals surface area contributed by atoms with Gasteiger partial charge in [-0.15, -0.1) is 0 Å². The average Bonchev–Trinajstić information content (AvgIpc) is 2.45. The van der Waals surface area contributed by atoms with E-state index >= 15 is 0 Å². The second-order valence-corrected chi connectivity index (χ2v) is 6.71. The first-order chi connectivity index (χ1) is 9.69. The summed E-state index contributed by atoms with van der Waals surface area (Å²) in [6.07, 6.45) is 10.8. The molecule has 0 bridgehead atoms. The Labute approximate surface area is 133 Å². The van der Waals surface area contributed by atoms with Gasteiger partial charge in [0.05, 0.1) is 7.11 Å². The molecule has 0 aliphatic rings. The summed E-state index contributed by atoms with van der Waals surface area (Å²) < 4.78 is 5.26. The summed E-state index contributed by atoms with van der Waals surface area (Å²) in [6, 6.07) is 6.37. The number of hydrogen-bond acceptors (Lipinski definition) is 1. The summed E-state index contributed by atoms with van der Waals surface area (Å²) >= 11 is 3.84. The van der Waals surface area contributed by atoms with Gasteiger partial charge in [0.1, 0.15) is 5.75 Å². The number of hydrogen-bond donors (Lipinski definition) is 0. The lowest BCUT2D eigenvalue weighted by Crippen LogP contribution is -1.95. The summed E-state index contributed by atoms with van der Waals surface area (Å²) in [5, 5.41) is 0. The third-order valence-corrected chi connectivity index (χ3v) is 4.83. The minimum Gasteiger partial charge on any atom is -0.497 e. The smallest absolute Gasteiger partial charge is 0.119 e. The fraction of sp³-hybridized carbons (Fsp3) is 0.667. The number of halogens is 1. The molecule has 0 radical (unpaired) electrons. The molecular formula is C18H29BrO. The Balaban J connectivity index is 2.27. The molecule has 1 unspecified atom stereocenters. The molecule has 2 heteroatoms. The standard InChI is InChI=1S/C18H29BrO/c1-4-5-6-7-8-9-10-11-18(19)17-13-12-16(20-3)14-15(17)2/h12-14,18H,4-11H2,1-3H3. The van der Waals surface area contributed by atoms with Crippen molar-refractivity contribution in [2.45, 2.75) is 70.0 Å². The van der Waals surface area contributed by atoms with Crippen LogP contribution in [0.4, 0.5) is 0 Å². The van der Waals surface area contributed by atoms with Gasteiger partial charge < -0.3 is 4.74 Å². The topological polar surface area (TPSA) is 9.23 Å². The highest BCUT2D eigenvalue weighted by Gasteiger charge is 2.10. The van der Waals surface area contributed by atoms with Crippen LogP contribution in [0.25, 0.3) is 0 Å². The maximum Gasteiger partial charge on any atom is 0.119 e. The first kappa shape index (κ1) is 17.6. The summed E-state index contributed by atoms with van der Waals surface area (Å²) in [5.41, 5.74) is 2.71. The van der Waals surface area contributed by atoms with Gasteiger partial charge in [-0.3, -0.25) is 0 Å². The lowest BCUT2D eigenvalue weighted by Gasteiger charge is -2.14. The number of benzene rings is 1. The quantitative estimate of drug-likeness (QED) is 0.345. The highest BCUT2D eigenvalue weighted by Crippen LogP contribution is 2.32. The largest absolute Gasteiger partial charge is 0.497 e. The van der Waals surface area contributed by atoms with Crippen molar-refractivity contribution >= 4 is 15.9 Å². The SMILES string of the molecule is CCCCCCCCCC(Br)c1ccc(OC)cc1C. The number of aryl methyl sites for hydroxylation is 1. The predicted molar refractivity (Wildman–Crippen MR) is 92.0 cm³/mol. The molecule has 1 aromatic rings. The predicted octanol–water partition coefficient (Wildman–Crippen LogP) is 6.58. The fourth-order valence-corrected chi connectivity index (χ4v) is 3.40. The first-order valence-corrected chi connectivity index (χ1v) is 8.89. The average molecular weight is 341 g/mol. The molecule has 0 N–H and O–H groups in total. The Morgan fingerprint density at radius 3 is 2.30 bits per heavy atom. The van der Waals surface area contributed by atoms with E-state index in [1.165, 1.54) is 62.5 Å². The Hall–Kier alpha value is -0.500. The summed E-state index contributed by atoms with van der Waals surface area (Å²) in [4.78, 5) is 0.476. The van der Waals surface area contributed by atoms with Gasteiger partial charge in [-0.25, -0.2) is 0 Å². The number of ether oxygens (including phenoxy) is 1. The second-order valence-electron chi connectivity index (χ2n) is 5.60. The molecule has 0 heterocycles. The van der Waals surface area contributed by atoms with Crippen LogP contribution in [0.1, 0.15) is 74.2 Å². The van der Waals surface area contributed by atoms with Crippen LogP contribution < -0.4 is 4.74 Å². The van der Waals surface area contributed by atoms with Gasteiger partial charge in [0, 0.05) is 4.83 Å². The van der Waals surface area contributed by atoms with Crippen LogP contribution in [0.5, 0.6) is 5.75 Å². The van der Waals surface area contributed by atoms with Crippen LogP contribution in [0, 0.1) is 6.92 Å². The summed E-state index contributed by atoms with van der Waals surface area (Å²) in [5.74, 6) is 0.946. The molecule has 0 amide bonds. The van der Waals surface area contributed by atoms with E-state index in [1.807, 2.05) is 0 Å². The van der Waals surface area contributed by atoms with E-state index in [4.69, 9.17) is 4.74 Å². The molecule has 1 rings (SSSR count). The molecule has 0 aliphatic carbocycles. The van der Waals surface area contributed by atoms with Crippen molar-refractivity contribution < 1.29 is 4.74 Å². The molecule has 0 spiro atoms. The molecule has 0 aromatic heterocycles. The number of unbranched alkanes of at least 4 members (excludes halogenated alkanes) is 6. The Bertz CT molecular complexity index is 376. The zero-order valence-corrected chi connectivity index (χ0v) is 14.8. The zero-order valence-electron chi connectivity index (χ0n) is 13.3. The molecule has 1 aromatic carbocycles. The molecule has 0 fully saturated rings. The molecule has 1 atom stereocenters. The van der Waals surface area contributed by atoms with Gasteiger partial charge in [-0.2, -0.15) is 0 Å². The highest BCUT2D eigenvalue weighted by atomic mass is 79.9. The molecule has 1 nitrogen and oxygen atoms in total. The van der Waals surface area contributed by atoms with Gasteiger partial charge in [0.25, 0.3) is 0 Å². The maximum atomic E-state index is 5.26. The van der Waals surface area contributed by atoms with E-state index in [-0.39, 0.29) is 0 Å². The Kier molecular flexibility index (Phi) is 9.00. The second kappa shape index (κ2) is 10.3. The van der Waals surface area contributed by atoms with Crippen LogP contribution in [-0.4, -0.2) is 7.11 Å². The Morgan fingerprint density at radius 2 is 1.70 bits per heavy atom. The van der Waals surface area contributed by atoms with Crippen molar-refractivity contribution in [2.75, 3.05) is 7.11 Å². The minimum atomic E-state index is 0.476. The van der Waals surface area contributed by atoms with Crippen LogP contribution in [0.3, 0.4) is 0 Å². The molecule has 0 saturated heterocycles. The van der Waals surface area contributed by atoms with Crippen LogP contribution in [0.15, 0.2) is 18.2 Å². The zero-order chi connectivity index (χ0) is 14.8. The van der Waals surface area contributed by atoms with Crippen molar-refractivity contribution in [3.8, 4) is 5.75 Å². The molecular weight excluding hydrogens is 312 g/mol. The van der Waals surface area contributed by atoms with Crippen molar-refractivity contribution in [1.82, 2.24) is 0 Å². The van der Waals surface area contributed by atoms with E-state index in [9.17, 15) is 0 Å². The van der Waals surface area contributed by atoms with Crippen LogP contribution >= 0.6 is 15.9 Å². The van der Waals surface area contributed by atoms with Gasteiger partial charge >= 0.3 is 0 Å². The maximum absolute atomic E-state index is 5.26. The van der Waals surface area contributed by atoms with E-state index in [1.54, 1.807) is 7.11 Å². The lowest BCUT2D eigenvalue weighted by molar-refractivity contribution is 0.414. The summed E-state index contributed by atoms with van der Waals surface area (Å²) in [6.45, 7) is 4.43. The summed E-state index contributed by atoms with van der Waals surface area (Å²) in [7, 11) is 1.72. The monoisotopic (exact) mass is 340 g/mol. The van der Waals surface area contributed by atoms with E-state index in [0.717, 1.165) is 5.75 Å². The van der Waals surface area contributed by atoms with Crippen molar-refractivity contribution in [1.29, 1.82) is 0 Å². The molecule has 20 heavy (non-hydrogen) atoms. The normalized spacial score (nSPS) is 12.4. The minimum absolute atomic E-state index is 0.476. The molecule has 0 saturated carbocycles. The van der Waals surface area contributed by atoms with E-state index in [0.29, 0.717) is 4.83 Å². The highest BCUT2D eigenvalue weighted by molar-refractivity contribution is 9.09. The lowest BCUT2D eigenvalue weighted by atomic mass is 10.0.